The maximum Gasteiger partial charge on any atom is 0.305 e. The summed E-state index contributed by atoms with van der Waals surface area (Å²) in [5.74, 6) is -1.47. The lowest BCUT2D eigenvalue weighted by Gasteiger charge is -2.39. The third-order valence-electron chi connectivity index (χ3n) is 5.44. The van der Waals surface area contributed by atoms with E-state index in [4.69, 9.17) is 19.4 Å². The molecule has 7 nitrogen and oxygen atoms in total. The monoisotopic (exact) mass is 489 g/mol. The molecule has 2 heterocycles. The van der Waals surface area contributed by atoms with Crippen LogP contribution in [0.3, 0.4) is 0 Å². The molecule has 1 saturated heterocycles. The fourth-order valence-electron chi connectivity index (χ4n) is 3.92. The van der Waals surface area contributed by atoms with E-state index in [1.54, 1.807) is 26.0 Å². The van der Waals surface area contributed by atoms with Crippen LogP contribution in [-0.4, -0.2) is 52.3 Å². The molecule has 0 aliphatic carbocycles. The van der Waals surface area contributed by atoms with E-state index in [1.165, 1.54) is 24.1 Å². The smallest absolute Gasteiger partial charge is 0.305 e. The Morgan fingerprint density at radius 3 is 2.56 bits per heavy atom. The molecule has 1 aliphatic heterocycles. The fourth-order valence-corrected chi connectivity index (χ4v) is 4.16. The van der Waals surface area contributed by atoms with Gasteiger partial charge < -0.3 is 14.6 Å². The van der Waals surface area contributed by atoms with Crippen molar-refractivity contribution in [1.82, 2.24) is 9.97 Å². The van der Waals surface area contributed by atoms with Crippen LogP contribution in [0.2, 0.25) is 0 Å². The second-order valence-electron chi connectivity index (χ2n) is 9.00. The topological polar surface area (TPSA) is 84.8 Å². The summed E-state index contributed by atoms with van der Waals surface area (Å²) in [6.07, 6.45) is 5.32. The summed E-state index contributed by atoms with van der Waals surface area (Å²) in [7, 11) is 1.90. The Kier molecular flexibility index (Phi) is 8.33. The first-order valence-electron chi connectivity index (χ1n) is 11.2. The molecule has 3 rings (SSSR count). The average molecular weight is 490 g/mol. The van der Waals surface area contributed by atoms with Gasteiger partial charge in [-0.25, -0.2) is 14.4 Å². The molecule has 1 N–H and O–H groups in total. The van der Waals surface area contributed by atoms with Crippen LogP contribution >= 0.6 is 11.9 Å². The van der Waals surface area contributed by atoms with Gasteiger partial charge in [0.1, 0.15) is 5.82 Å². The molecule has 1 aromatic carbocycles. The number of nitrogens with zero attached hydrogens (tertiary/aromatic N) is 3. The van der Waals surface area contributed by atoms with E-state index in [-0.39, 0.29) is 24.3 Å². The van der Waals surface area contributed by atoms with Crippen LogP contribution < -0.4 is 4.31 Å². The minimum atomic E-state index is -0.909. The maximum atomic E-state index is 13.6. The summed E-state index contributed by atoms with van der Waals surface area (Å²) in [5.41, 5.74) is 3.15. The highest BCUT2D eigenvalue weighted by molar-refractivity contribution is 7.99. The lowest BCUT2D eigenvalue weighted by atomic mass is 9.97. The van der Waals surface area contributed by atoms with Gasteiger partial charge in [0.2, 0.25) is 5.95 Å². The molecule has 0 radical (unpaired) electrons. The molecular weight excluding hydrogens is 457 g/mol. The average Bonchev–Trinajstić information content (AvgIpc) is 2.75. The number of carboxylic acids is 1. The second kappa shape index (κ2) is 10.8. The number of anilines is 1. The number of halogens is 1. The first-order valence-corrected chi connectivity index (χ1v) is 12.4. The molecule has 1 aliphatic rings. The summed E-state index contributed by atoms with van der Waals surface area (Å²) < 4.78 is 27.3. The van der Waals surface area contributed by atoms with Crippen LogP contribution in [0, 0.1) is 5.82 Å². The van der Waals surface area contributed by atoms with E-state index >= 15 is 0 Å². The molecule has 0 bridgehead atoms. The highest BCUT2D eigenvalue weighted by atomic mass is 32.2. The molecule has 0 saturated carbocycles. The Morgan fingerprint density at radius 2 is 1.97 bits per heavy atom. The summed E-state index contributed by atoms with van der Waals surface area (Å²) >= 11 is 1.50. The van der Waals surface area contributed by atoms with Gasteiger partial charge >= 0.3 is 5.97 Å². The van der Waals surface area contributed by atoms with Gasteiger partial charge in [-0.3, -0.25) is 9.10 Å². The van der Waals surface area contributed by atoms with E-state index < -0.39 is 17.9 Å². The Labute approximate surface area is 204 Å². The third kappa shape index (κ3) is 6.55. The Balaban J connectivity index is 2.07. The van der Waals surface area contributed by atoms with Gasteiger partial charge in [0.25, 0.3) is 0 Å². The zero-order valence-electron chi connectivity index (χ0n) is 20.4. The first-order chi connectivity index (χ1) is 16.0. The lowest BCUT2D eigenvalue weighted by molar-refractivity contribution is -0.290. The van der Waals surface area contributed by atoms with Gasteiger partial charge in [-0.2, -0.15) is 0 Å². The van der Waals surface area contributed by atoms with Gasteiger partial charge in [-0.05, 0) is 44.0 Å². The number of aliphatic carboxylic acids is 1. The van der Waals surface area contributed by atoms with Gasteiger partial charge in [0, 0.05) is 30.9 Å². The number of hydrogen-bond donors (Lipinski definition) is 1. The van der Waals surface area contributed by atoms with Crippen molar-refractivity contribution in [2.75, 3.05) is 17.6 Å². The molecule has 2 unspecified atom stereocenters. The van der Waals surface area contributed by atoms with Crippen molar-refractivity contribution in [3.63, 3.8) is 0 Å². The van der Waals surface area contributed by atoms with Crippen molar-refractivity contribution in [3.8, 4) is 11.3 Å². The van der Waals surface area contributed by atoms with Crippen LogP contribution in [0.4, 0.5) is 10.3 Å². The number of carboxylic acid groups (broad SMARTS) is 1. The molecule has 0 spiro atoms. The van der Waals surface area contributed by atoms with Crippen LogP contribution in [0.15, 0.2) is 30.3 Å². The minimum absolute atomic E-state index is 0.0893. The normalized spacial score (nSPS) is 20.1. The molecule has 9 heteroatoms. The number of benzene rings is 1. The van der Waals surface area contributed by atoms with Gasteiger partial charge in [-0.1, -0.05) is 37.9 Å². The largest absolute Gasteiger partial charge is 0.481 e. The highest BCUT2D eigenvalue weighted by Crippen LogP contribution is 2.34. The summed E-state index contributed by atoms with van der Waals surface area (Å²) in [6.45, 7) is 7.69. The van der Waals surface area contributed by atoms with Crippen molar-refractivity contribution in [3.05, 3.63) is 47.4 Å². The first kappa shape index (κ1) is 26.1. The number of rotatable bonds is 8. The van der Waals surface area contributed by atoms with Crippen molar-refractivity contribution in [1.29, 1.82) is 0 Å². The number of aromatic nitrogens is 2. The Hall–Kier alpha value is -2.49. The quantitative estimate of drug-likeness (QED) is 0.485. The van der Waals surface area contributed by atoms with Crippen molar-refractivity contribution >= 4 is 29.9 Å². The van der Waals surface area contributed by atoms with Crippen LogP contribution in [0.25, 0.3) is 17.3 Å². The zero-order chi connectivity index (χ0) is 25.0. The lowest BCUT2D eigenvalue weighted by Crippen LogP contribution is -2.44. The predicted octanol–water partition coefficient (Wildman–Crippen LogP) is 5.52. The standard InChI is InChI=1S/C25H32FN3O4S/c1-15(2)22-20(12-11-18-13-19(14-21(30)31)33-25(3,4)32-18)23(16-7-9-17(26)10-8-16)28-24(27-22)29(5)34-6/h7-12,15,18-19H,13-14H2,1-6H3,(H,30,31)/b12-11+. The molecule has 1 fully saturated rings. The van der Waals surface area contributed by atoms with Crippen molar-refractivity contribution < 1.29 is 23.8 Å². The minimum Gasteiger partial charge on any atom is -0.481 e. The SMILES string of the molecule is CSN(C)c1nc(-c2ccc(F)cc2)c(/C=C/C2CC(CC(=O)O)OC(C)(C)O2)c(C(C)C)n1. The number of carbonyl (C=O) groups is 1. The van der Waals surface area contributed by atoms with Gasteiger partial charge in [0.05, 0.1) is 30.0 Å². The second-order valence-corrected chi connectivity index (χ2v) is 9.91. The Bertz CT molecular complexity index is 1040. The summed E-state index contributed by atoms with van der Waals surface area (Å²) in [4.78, 5) is 20.9. The van der Waals surface area contributed by atoms with Crippen LogP contribution in [0.1, 0.15) is 57.7 Å². The fraction of sp³-hybridized carbons (Fsp3) is 0.480. The molecule has 2 aromatic rings. The van der Waals surface area contributed by atoms with E-state index in [0.717, 1.165) is 16.8 Å². The molecule has 1 aromatic heterocycles. The molecular formula is C25H32FN3O4S. The summed E-state index contributed by atoms with van der Waals surface area (Å²) in [5, 5.41) is 9.21. The van der Waals surface area contributed by atoms with E-state index in [9.17, 15) is 14.3 Å². The van der Waals surface area contributed by atoms with Crippen LogP contribution in [0.5, 0.6) is 0 Å². The highest BCUT2D eigenvalue weighted by Gasteiger charge is 2.35. The van der Waals surface area contributed by atoms with E-state index in [1.807, 2.05) is 29.8 Å². The predicted molar refractivity (Wildman–Crippen MR) is 133 cm³/mol. The molecule has 34 heavy (non-hydrogen) atoms. The third-order valence-corrected chi connectivity index (χ3v) is 6.16. The number of ether oxygens (including phenoxy) is 2. The number of hydrogen-bond acceptors (Lipinski definition) is 7. The van der Waals surface area contributed by atoms with Crippen molar-refractivity contribution in [2.24, 2.45) is 0 Å². The molecule has 2 atom stereocenters. The van der Waals surface area contributed by atoms with E-state index in [2.05, 4.69) is 13.8 Å². The van der Waals surface area contributed by atoms with Crippen LogP contribution in [-0.2, 0) is 14.3 Å². The van der Waals surface area contributed by atoms with E-state index in [0.29, 0.717) is 18.1 Å². The van der Waals surface area contributed by atoms with Gasteiger partial charge in [-0.15, -0.1) is 0 Å². The van der Waals surface area contributed by atoms with Gasteiger partial charge in [0.15, 0.2) is 5.79 Å². The zero-order valence-corrected chi connectivity index (χ0v) is 21.2. The summed E-state index contributed by atoms with van der Waals surface area (Å²) in [6, 6.07) is 6.24. The molecule has 0 amide bonds. The van der Waals surface area contributed by atoms with Crippen molar-refractivity contribution in [2.45, 2.75) is 64.4 Å². The maximum absolute atomic E-state index is 13.6. The molecule has 184 valence electrons. The Morgan fingerprint density at radius 1 is 1.29 bits per heavy atom.